The summed E-state index contributed by atoms with van der Waals surface area (Å²) in [5.74, 6) is -5.73. The first kappa shape index (κ1) is 39.7. The van der Waals surface area contributed by atoms with Crippen LogP contribution in [-0.4, -0.2) is 36.4 Å². The van der Waals surface area contributed by atoms with Gasteiger partial charge in [0.1, 0.15) is 28.6 Å². The number of hydrogen-bond donors (Lipinski definition) is 2. The first-order valence-electron chi connectivity index (χ1n) is 17.4. The number of alkyl halides is 6. The predicted octanol–water partition coefficient (Wildman–Crippen LogP) is 9.99. The molecule has 3 heterocycles. The molecule has 9 nitrogen and oxygen atoms in total. The number of pyridine rings is 1. The number of anilines is 2. The number of hydrogen-bond acceptors (Lipinski definition) is 5. The van der Waals surface area contributed by atoms with Gasteiger partial charge in [0, 0.05) is 47.0 Å². The molecule has 6 aromatic rings. The van der Waals surface area contributed by atoms with Crippen LogP contribution in [0.2, 0.25) is 0 Å². The lowest BCUT2D eigenvalue weighted by Gasteiger charge is -2.11. The number of rotatable bonds is 8. The van der Waals surface area contributed by atoms with E-state index in [2.05, 4.69) is 25.8 Å². The van der Waals surface area contributed by atoms with Gasteiger partial charge in [-0.2, -0.15) is 36.5 Å². The fraction of sp³-hybridized carbons (Fsp3) is 0.205. The van der Waals surface area contributed by atoms with Crippen LogP contribution in [0.15, 0.2) is 91.3 Å². The van der Waals surface area contributed by atoms with Crippen molar-refractivity contribution in [3.63, 3.8) is 0 Å². The topological polar surface area (TPSA) is 107 Å². The van der Waals surface area contributed by atoms with Crippen LogP contribution in [0.25, 0.3) is 11.4 Å². The van der Waals surface area contributed by atoms with Crippen LogP contribution in [0.4, 0.5) is 55.3 Å². The second-order valence-corrected chi connectivity index (χ2v) is 13.4. The summed E-state index contributed by atoms with van der Waals surface area (Å²) in [4.78, 5) is 28.1. The molecule has 58 heavy (non-hydrogen) atoms. The number of aromatic nitrogens is 5. The van der Waals surface area contributed by atoms with Crippen molar-refractivity contribution in [3.05, 3.63) is 148 Å². The monoisotopic (exact) mass is 815 g/mol. The van der Waals surface area contributed by atoms with Crippen molar-refractivity contribution in [2.24, 2.45) is 0 Å². The zero-order valence-corrected chi connectivity index (χ0v) is 29.5. The zero-order chi connectivity index (χ0) is 41.5. The highest BCUT2D eigenvalue weighted by Crippen LogP contribution is 2.44. The van der Waals surface area contributed by atoms with Gasteiger partial charge in [-0.1, -0.05) is 6.07 Å². The Kier molecular flexibility index (Phi) is 10.6. The molecular weight excluding hydrogens is 788 g/mol. The Morgan fingerprint density at radius 2 is 1.05 bits per heavy atom. The van der Waals surface area contributed by atoms with Gasteiger partial charge in [0.05, 0.1) is 5.56 Å². The molecule has 8 rings (SSSR count). The number of benzene rings is 3. The summed E-state index contributed by atoms with van der Waals surface area (Å²) in [6.07, 6.45) is -3.58. The molecule has 0 saturated heterocycles. The predicted molar refractivity (Wildman–Crippen MR) is 187 cm³/mol. The summed E-state index contributed by atoms with van der Waals surface area (Å²) >= 11 is 0. The molecule has 0 atom stereocenters. The first-order valence-corrected chi connectivity index (χ1v) is 17.4. The Labute approximate surface area is 321 Å². The summed E-state index contributed by atoms with van der Waals surface area (Å²) in [5.41, 5.74) is -2.43. The van der Waals surface area contributed by atoms with E-state index in [1.54, 1.807) is 12.1 Å². The standard InChI is InChI=1S/C20H13F6N3O.C19H14F4N4O/c21-12-2-1-3-13(22)18(12)19(30)27-11-6-7-15(14(23)8-11)29-16(10-4-5-10)9-17(28-29)20(24,25)26;20-14-8-13(25-18(28)12-2-1-7-24-10-12)5-6-15(14)27-16(11-3-4-11)9-17(26-27)19(21,22)23/h1-3,6-10H,4-5H2,(H,27,30);1-2,5-11H,3-4H2,(H,25,28). The molecular formula is C39H27F10N7O2. The van der Waals surface area contributed by atoms with Gasteiger partial charge in [-0.15, -0.1) is 0 Å². The Hall–Kier alpha value is -6.53. The summed E-state index contributed by atoms with van der Waals surface area (Å²) < 4.78 is 137. The number of carbonyl (C=O) groups is 2. The Balaban J connectivity index is 0.000000177. The van der Waals surface area contributed by atoms with Crippen molar-refractivity contribution in [2.75, 3.05) is 10.6 Å². The highest BCUT2D eigenvalue weighted by atomic mass is 19.4. The van der Waals surface area contributed by atoms with Crippen LogP contribution in [0.5, 0.6) is 0 Å². The van der Waals surface area contributed by atoms with E-state index in [0.29, 0.717) is 24.1 Å². The van der Waals surface area contributed by atoms with Gasteiger partial charge in [0.2, 0.25) is 0 Å². The van der Waals surface area contributed by atoms with Crippen LogP contribution in [0.3, 0.4) is 0 Å². The molecule has 3 aromatic heterocycles. The molecule has 0 spiro atoms. The smallest absolute Gasteiger partial charge is 0.322 e. The molecule has 2 aliphatic rings. The lowest BCUT2D eigenvalue weighted by atomic mass is 10.1. The number of halogens is 10. The maximum Gasteiger partial charge on any atom is 0.435 e. The highest BCUT2D eigenvalue weighted by Gasteiger charge is 2.40. The van der Waals surface area contributed by atoms with E-state index >= 15 is 0 Å². The average Bonchev–Trinajstić information content (AvgIpc) is 4.10. The molecule has 2 saturated carbocycles. The molecule has 2 fully saturated rings. The molecule has 300 valence electrons. The lowest BCUT2D eigenvalue weighted by molar-refractivity contribution is -0.142. The fourth-order valence-electron chi connectivity index (χ4n) is 5.92. The number of nitrogens with zero attached hydrogens (tertiary/aromatic N) is 5. The molecule has 0 unspecified atom stereocenters. The summed E-state index contributed by atoms with van der Waals surface area (Å²) in [5, 5.41) is 11.8. The van der Waals surface area contributed by atoms with Crippen molar-refractivity contribution in [3.8, 4) is 11.4 Å². The number of nitrogens with one attached hydrogen (secondary N) is 2. The molecule has 0 bridgehead atoms. The second-order valence-electron chi connectivity index (χ2n) is 13.4. The maximum absolute atomic E-state index is 14.7. The van der Waals surface area contributed by atoms with E-state index in [1.807, 2.05) is 0 Å². The normalized spacial score (nSPS) is 14.1. The van der Waals surface area contributed by atoms with Crippen LogP contribution in [-0.2, 0) is 12.4 Å². The minimum absolute atomic E-state index is 0.0621. The number of amides is 2. The van der Waals surface area contributed by atoms with Crippen molar-refractivity contribution in [1.29, 1.82) is 0 Å². The fourth-order valence-corrected chi connectivity index (χ4v) is 5.92. The van der Waals surface area contributed by atoms with Gasteiger partial charge in [-0.25, -0.2) is 26.9 Å². The van der Waals surface area contributed by atoms with Crippen molar-refractivity contribution >= 4 is 23.2 Å². The largest absolute Gasteiger partial charge is 0.435 e. The number of carbonyl (C=O) groups excluding carboxylic acids is 2. The molecule has 2 amide bonds. The maximum atomic E-state index is 14.7. The highest BCUT2D eigenvalue weighted by molar-refractivity contribution is 6.05. The van der Waals surface area contributed by atoms with Gasteiger partial charge < -0.3 is 10.6 Å². The van der Waals surface area contributed by atoms with E-state index < -0.39 is 64.4 Å². The van der Waals surface area contributed by atoms with Crippen molar-refractivity contribution in [1.82, 2.24) is 24.5 Å². The zero-order valence-electron chi connectivity index (χ0n) is 29.5. The quantitative estimate of drug-likeness (QED) is 0.149. The molecule has 2 N–H and O–H groups in total. The average molecular weight is 816 g/mol. The van der Waals surface area contributed by atoms with E-state index in [1.165, 1.54) is 30.6 Å². The van der Waals surface area contributed by atoms with E-state index in [0.717, 1.165) is 70.7 Å². The van der Waals surface area contributed by atoms with E-state index in [4.69, 9.17) is 0 Å². The summed E-state index contributed by atoms with van der Waals surface area (Å²) in [6, 6.07) is 14.9. The summed E-state index contributed by atoms with van der Waals surface area (Å²) in [6.45, 7) is 0. The van der Waals surface area contributed by atoms with Crippen LogP contribution >= 0.6 is 0 Å². The van der Waals surface area contributed by atoms with E-state index in [-0.39, 0.29) is 40.3 Å². The summed E-state index contributed by atoms with van der Waals surface area (Å²) in [7, 11) is 0. The van der Waals surface area contributed by atoms with Crippen LogP contribution < -0.4 is 10.6 Å². The van der Waals surface area contributed by atoms with Gasteiger partial charge in [-0.05, 0) is 98.5 Å². The van der Waals surface area contributed by atoms with Crippen molar-refractivity contribution in [2.45, 2.75) is 49.9 Å². The molecule has 0 aliphatic heterocycles. The molecule has 2 aliphatic carbocycles. The van der Waals surface area contributed by atoms with Crippen LogP contribution in [0.1, 0.15) is 81.0 Å². The van der Waals surface area contributed by atoms with Gasteiger partial charge in [0.25, 0.3) is 11.8 Å². The lowest BCUT2D eigenvalue weighted by Crippen LogP contribution is -2.16. The van der Waals surface area contributed by atoms with Crippen LogP contribution in [0, 0.1) is 23.3 Å². The van der Waals surface area contributed by atoms with Gasteiger partial charge >= 0.3 is 12.4 Å². The molecule has 0 radical (unpaired) electrons. The van der Waals surface area contributed by atoms with Gasteiger partial charge in [0.15, 0.2) is 23.0 Å². The third-order valence-electron chi connectivity index (χ3n) is 9.03. The Morgan fingerprint density at radius 3 is 1.45 bits per heavy atom. The minimum Gasteiger partial charge on any atom is -0.322 e. The third kappa shape index (κ3) is 8.72. The molecule has 3 aromatic carbocycles. The molecule has 19 heteroatoms. The Morgan fingerprint density at radius 1 is 0.586 bits per heavy atom. The first-order chi connectivity index (χ1) is 27.5. The van der Waals surface area contributed by atoms with Crippen molar-refractivity contribution < 1.29 is 53.5 Å². The minimum atomic E-state index is -4.68. The van der Waals surface area contributed by atoms with Gasteiger partial charge in [-0.3, -0.25) is 14.6 Å². The van der Waals surface area contributed by atoms with E-state index in [9.17, 15) is 53.5 Å². The second kappa shape index (κ2) is 15.4. The Bertz CT molecular complexity index is 2490. The SMILES string of the molecule is O=C(Nc1ccc(-n2nc(C(F)(F)F)cc2C2CC2)c(F)c1)c1c(F)cccc1F.O=C(Nc1ccc(-n2nc(C(F)(F)F)cc2C2CC2)c(F)c1)c1cccnc1. The third-order valence-corrected chi connectivity index (χ3v) is 9.03.